The van der Waals surface area contributed by atoms with Gasteiger partial charge in [0.15, 0.2) is 5.65 Å². The fourth-order valence-electron chi connectivity index (χ4n) is 2.79. The summed E-state index contributed by atoms with van der Waals surface area (Å²) in [5.74, 6) is 0.461. The van der Waals surface area contributed by atoms with Gasteiger partial charge in [0, 0.05) is 31.0 Å². The summed E-state index contributed by atoms with van der Waals surface area (Å²) in [6, 6.07) is 5.58. The number of H-pyrrole nitrogens is 1. The molecular weight excluding hydrogens is 352 g/mol. The van der Waals surface area contributed by atoms with Crippen LogP contribution in [-0.2, 0) is 10.0 Å². The summed E-state index contributed by atoms with van der Waals surface area (Å²) in [4.78, 5) is 15.7. The fraction of sp³-hybridized carbons (Fsp3) is 0.353. The number of nitrogen functional groups attached to an aromatic ring is 1. The van der Waals surface area contributed by atoms with Crippen molar-refractivity contribution in [1.82, 2.24) is 24.2 Å². The zero-order valence-corrected chi connectivity index (χ0v) is 15.4. The Morgan fingerprint density at radius 2 is 1.92 bits per heavy atom. The van der Waals surface area contributed by atoms with E-state index in [9.17, 15) is 8.42 Å². The molecule has 1 aliphatic rings. The van der Waals surface area contributed by atoms with Gasteiger partial charge >= 0.3 is 0 Å². The third kappa shape index (κ3) is 4.36. The number of sulfonamides is 1. The van der Waals surface area contributed by atoms with E-state index in [0.29, 0.717) is 5.82 Å². The van der Waals surface area contributed by atoms with Crippen molar-refractivity contribution >= 4 is 27.0 Å². The first-order chi connectivity index (χ1) is 12.4. The number of anilines is 1. The minimum absolute atomic E-state index is 0.461. The van der Waals surface area contributed by atoms with Gasteiger partial charge in [-0.2, -0.15) is 0 Å². The van der Waals surface area contributed by atoms with E-state index in [1.807, 2.05) is 18.2 Å². The third-order valence-corrected chi connectivity index (χ3v) is 5.46. The van der Waals surface area contributed by atoms with E-state index in [2.05, 4.69) is 19.9 Å². The monoisotopic (exact) mass is 374 g/mol. The smallest absolute Gasteiger partial charge is 0.211 e. The molecule has 1 fully saturated rings. The molecule has 26 heavy (non-hydrogen) atoms. The Bertz CT molecular complexity index is 980. The van der Waals surface area contributed by atoms with Crippen LogP contribution in [0.1, 0.15) is 19.3 Å². The number of nitrogens with zero attached hydrogens (tertiary/aromatic N) is 4. The standard InChI is InChI=1S/C11H9N5.C6H13NO2S/c12-10-7(2-1-4-13-10)9-6-15-8-3-5-14-11(8)16-9;1-10(8,9)7-5-3-2-4-6-7/h1-6H,(H2,12,13)(H,14,16);2-6H2,1H3. The SMILES string of the molecule is CS(=O)(=O)N1CCCCC1.Nc1ncccc1-c1cnc2cc[nH]c2n1. The molecule has 0 radical (unpaired) electrons. The van der Waals surface area contributed by atoms with Gasteiger partial charge < -0.3 is 10.7 Å². The van der Waals surface area contributed by atoms with Crippen molar-refractivity contribution in [3.8, 4) is 11.3 Å². The van der Waals surface area contributed by atoms with Gasteiger partial charge in [0.1, 0.15) is 11.3 Å². The molecule has 4 rings (SSSR count). The molecule has 0 aromatic carbocycles. The Labute approximate surface area is 152 Å². The van der Waals surface area contributed by atoms with Crippen LogP contribution in [0.3, 0.4) is 0 Å². The van der Waals surface area contributed by atoms with Crippen LogP contribution in [0.25, 0.3) is 22.4 Å². The summed E-state index contributed by atoms with van der Waals surface area (Å²) in [5.41, 5.74) is 8.89. The van der Waals surface area contributed by atoms with Gasteiger partial charge in [-0.15, -0.1) is 0 Å². The lowest BCUT2D eigenvalue weighted by Crippen LogP contribution is -2.34. The number of rotatable bonds is 2. The normalized spacial score (nSPS) is 15.4. The highest BCUT2D eigenvalue weighted by Gasteiger charge is 2.18. The van der Waals surface area contributed by atoms with E-state index in [4.69, 9.17) is 5.73 Å². The van der Waals surface area contributed by atoms with Crippen molar-refractivity contribution in [2.24, 2.45) is 0 Å². The molecule has 0 spiro atoms. The zero-order chi connectivity index (χ0) is 18.6. The number of hydrogen-bond donors (Lipinski definition) is 2. The maximum absolute atomic E-state index is 10.9. The topological polar surface area (TPSA) is 118 Å². The Morgan fingerprint density at radius 1 is 1.15 bits per heavy atom. The van der Waals surface area contributed by atoms with Crippen molar-refractivity contribution in [3.63, 3.8) is 0 Å². The highest BCUT2D eigenvalue weighted by atomic mass is 32.2. The summed E-state index contributed by atoms with van der Waals surface area (Å²) < 4.78 is 23.4. The molecule has 3 aromatic rings. The fourth-order valence-corrected chi connectivity index (χ4v) is 3.71. The van der Waals surface area contributed by atoms with Crippen molar-refractivity contribution in [2.45, 2.75) is 19.3 Å². The second-order valence-electron chi connectivity index (χ2n) is 6.13. The van der Waals surface area contributed by atoms with Crippen molar-refractivity contribution in [1.29, 1.82) is 0 Å². The van der Waals surface area contributed by atoms with Gasteiger partial charge in [-0.25, -0.2) is 22.7 Å². The summed E-state index contributed by atoms with van der Waals surface area (Å²) in [7, 11) is -2.89. The number of hydrogen-bond acceptors (Lipinski definition) is 6. The molecule has 0 bridgehead atoms. The number of fused-ring (bicyclic) bond motifs is 1. The molecule has 4 heterocycles. The molecule has 0 amide bonds. The van der Waals surface area contributed by atoms with E-state index in [-0.39, 0.29) is 0 Å². The molecule has 1 saturated heterocycles. The summed E-state index contributed by atoms with van der Waals surface area (Å²) >= 11 is 0. The molecule has 0 saturated carbocycles. The second kappa shape index (κ2) is 7.79. The molecule has 0 atom stereocenters. The predicted octanol–water partition coefficient (Wildman–Crippen LogP) is 2.03. The molecule has 1 aliphatic heterocycles. The van der Waals surface area contributed by atoms with Gasteiger partial charge in [0.05, 0.1) is 18.1 Å². The molecule has 138 valence electrons. The molecule has 0 unspecified atom stereocenters. The summed E-state index contributed by atoms with van der Waals surface area (Å²) in [6.45, 7) is 1.44. The average molecular weight is 374 g/mol. The van der Waals surface area contributed by atoms with Gasteiger partial charge in [-0.05, 0) is 31.0 Å². The van der Waals surface area contributed by atoms with Crippen LogP contribution in [0.4, 0.5) is 5.82 Å². The average Bonchev–Trinajstić information content (AvgIpc) is 3.10. The highest BCUT2D eigenvalue weighted by Crippen LogP contribution is 2.22. The van der Waals surface area contributed by atoms with E-state index >= 15 is 0 Å². The molecule has 3 N–H and O–H groups in total. The van der Waals surface area contributed by atoms with E-state index in [0.717, 1.165) is 48.4 Å². The Balaban J connectivity index is 0.000000170. The largest absolute Gasteiger partial charge is 0.383 e. The summed E-state index contributed by atoms with van der Waals surface area (Å²) in [5, 5.41) is 0. The summed E-state index contributed by atoms with van der Waals surface area (Å²) in [6.07, 6.45) is 9.65. The van der Waals surface area contributed by atoms with E-state index in [1.165, 1.54) is 12.7 Å². The van der Waals surface area contributed by atoms with Crippen LogP contribution in [-0.4, -0.2) is 52.0 Å². The molecular formula is C17H22N6O2S. The first-order valence-corrected chi connectivity index (χ1v) is 10.3. The molecule has 0 aliphatic carbocycles. The van der Waals surface area contributed by atoms with Crippen molar-refractivity contribution in [3.05, 3.63) is 36.8 Å². The number of aromatic nitrogens is 4. The number of nitrogens with two attached hydrogens (primary N) is 1. The lowest BCUT2D eigenvalue weighted by molar-refractivity contribution is 0.349. The van der Waals surface area contributed by atoms with Crippen LogP contribution in [0.2, 0.25) is 0 Å². The van der Waals surface area contributed by atoms with Crippen LogP contribution in [0.15, 0.2) is 36.8 Å². The van der Waals surface area contributed by atoms with Crippen LogP contribution < -0.4 is 5.73 Å². The third-order valence-electron chi connectivity index (χ3n) is 4.16. The maximum atomic E-state index is 10.9. The molecule has 9 heteroatoms. The minimum Gasteiger partial charge on any atom is -0.383 e. The Morgan fingerprint density at radius 3 is 2.58 bits per heavy atom. The van der Waals surface area contributed by atoms with Crippen molar-refractivity contribution < 1.29 is 8.42 Å². The quantitative estimate of drug-likeness (QED) is 0.709. The van der Waals surface area contributed by atoms with Crippen LogP contribution in [0.5, 0.6) is 0 Å². The molecule has 8 nitrogen and oxygen atoms in total. The zero-order valence-electron chi connectivity index (χ0n) is 14.6. The van der Waals surface area contributed by atoms with Gasteiger partial charge in [-0.1, -0.05) is 6.42 Å². The van der Waals surface area contributed by atoms with E-state index < -0.39 is 10.0 Å². The minimum atomic E-state index is -2.89. The first kappa shape index (κ1) is 18.3. The predicted molar refractivity (Wildman–Crippen MR) is 102 cm³/mol. The van der Waals surface area contributed by atoms with E-state index in [1.54, 1.807) is 22.9 Å². The number of aromatic amines is 1. The lowest BCUT2D eigenvalue weighted by atomic mass is 10.2. The Hall–Kier alpha value is -2.52. The number of nitrogens with one attached hydrogen (secondary N) is 1. The number of pyridine rings is 1. The second-order valence-corrected chi connectivity index (χ2v) is 8.11. The van der Waals surface area contributed by atoms with Gasteiger partial charge in [-0.3, -0.25) is 4.98 Å². The Kier molecular flexibility index (Phi) is 5.48. The molecule has 3 aromatic heterocycles. The highest BCUT2D eigenvalue weighted by molar-refractivity contribution is 7.88. The van der Waals surface area contributed by atoms with Crippen LogP contribution >= 0.6 is 0 Å². The first-order valence-electron chi connectivity index (χ1n) is 8.41. The maximum Gasteiger partial charge on any atom is 0.211 e. The lowest BCUT2D eigenvalue weighted by Gasteiger charge is -2.23. The van der Waals surface area contributed by atoms with Gasteiger partial charge in [0.25, 0.3) is 0 Å². The number of piperidine rings is 1. The van der Waals surface area contributed by atoms with Gasteiger partial charge in [0.2, 0.25) is 10.0 Å². The van der Waals surface area contributed by atoms with Crippen molar-refractivity contribution in [2.75, 3.05) is 25.1 Å². The van der Waals surface area contributed by atoms with Crippen LogP contribution in [0, 0.1) is 0 Å².